The average Bonchev–Trinajstić information content (AvgIpc) is 2.58. The summed E-state index contributed by atoms with van der Waals surface area (Å²) in [6, 6.07) is 13.4. The minimum atomic E-state index is -4.93. The van der Waals surface area contributed by atoms with Crippen LogP contribution in [-0.2, 0) is 16.1 Å². The second-order valence-electron chi connectivity index (χ2n) is 5.61. The van der Waals surface area contributed by atoms with Gasteiger partial charge in [0, 0.05) is 18.3 Å². The molecular weight excluding hydrogens is 345 g/mol. The van der Waals surface area contributed by atoms with Crippen molar-refractivity contribution >= 4 is 23.6 Å². The number of nitrogens with one attached hydrogen (secondary N) is 2. The number of aryl methyl sites for hydroxylation is 1. The third kappa shape index (κ3) is 6.08. The number of hydrogen-bond donors (Lipinski definition) is 2. The van der Waals surface area contributed by atoms with Crippen molar-refractivity contribution in [2.75, 3.05) is 5.32 Å². The number of anilines is 1. The first-order chi connectivity index (χ1) is 12.2. The van der Waals surface area contributed by atoms with Gasteiger partial charge in [0.25, 0.3) is 0 Å². The number of carbonyl (C=O) groups is 2. The van der Waals surface area contributed by atoms with Gasteiger partial charge in [-0.1, -0.05) is 42.0 Å². The average molecular weight is 362 g/mol. The summed E-state index contributed by atoms with van der Waals surface area (Å²) in [6.45, 7) is 2.17. The summed E-state index contributed by atoms with van der Waals surface area (Å²) in [6.07, 6.45) is -1.83. The molecule has 0 aliphatic heterocycles. The van der Waals surface area contributed by atoms with Gasteiger partial charge < -0.3 is 10.6 Å². The molecule has 7 heteroatoms. The molecule has 0 unspecified atom stereocenters. The fourth-order valence-electron chi connectivity index (χ4n) is 2.10. The molecule has 0 radical (unpaired) electrons. The fourth-order valence-corrected chi connectivity index (χ4v) is 2.10. The molecule has 0 aliphatic carbocycles. The second kappa shape index (κ2) is 8.33. The van der Waals surface area contributed by atoms with Crippen molar-refractivity contribution in [3.8, 4) is 0 Å². The molecule has 0 aliphatic rings. The Morgan fingerprint density at radius 3 is 2.38 bits per heavy atom. The molecule has 0 atom stereocenters. The van der Waals surface area contributed by atoms with E-state index in [0.717, 1.165) is 11.1 Å². The molecule has 0 heterocycles. The van der Waals surface area contributed by atoms with Crippen LogP contribution in [0, 0.1) is 6.92 Å². The highest BCUT2D eigenvalue weighted by atomic mass is 19.4. The summed E-state index contributed by atoms with van der Waals surface area (Å²) < 4.78 is 36.5. The van der Waals surface area contributed by atoms with Gasteiger partial charge in [0.2, 0.25) is 5.91 Å². The van der Waals surface area contributed by atoms with E-state index in [-0.39, 0.29) is 18.1 Å². The van der Waals surface area contributed by atoms with Crippen LogP contribution in [0.3, 0.4) is 0 Å². The molecule has 2 rings (SSSR count). The smallest absolute Gasteiger partial charge is 0.348 e. The lowest BCUT2D eigenvalue weighted by molar-refractivity contribution is -0.167. The molecule has 0 saturated heterocycles. The highest BCUT2D eigenvalue weighted by molar-refractivity contribution is 5.95. The van der Waals surface area contributed by atoms with Gasteiger partial charge in [-0.05, 0) is 36.3 Å². The number of hydrogen-bond acceptors (Lipinski definition) is 2. The van der Waals surface area contributed by atoms with Gasteiger partial charge in [-0.2, -0.15) is 13.2 Å². The van der Waals surface area contributed by atoms with Crippen LogP contribution >= 0.6 is 0 Å². The maximum absolute atomic E-state index is 12.2. The topological polar surface area (TPSA) is 58.2 Å². The number of halogens is 3. The van der Waals surface area contributed by atoms with Crippen LogP contribution < -0.4 is 10.6 Å². The molecular formula is C19H17F3N2O2. The van der Waals surface area contributed by atoms with E-state index >= 15 is 0 Å². The quantitative estimate of drug-likeness (QED) is 0.795. The zero-order chi connectivity index (χ0) is 19.2. The van der Waals surface area contributed by atoms with E-state index in [1.807, 2.05) is 31.2 Å². The SMILES string of the molecule is Cc1cccc(/C=C/C(=O)NCc2ccc(NC(=O)C(F)(F)F)cc2)c1. The first-order valence-corrected chi connectivity index (χ1v) is 7.74. The van der Waals surface area contributed by atoms with E-state index in [4.69, 9.17) is 0 Å². The van der Waals surface area contributed by atoms with Crippen LogP contribution in [0.25, 0.3) is 6.08 Å². The van der Waals surface area contributed by atoms with Crippen LogP contribution in [0.2, 0.25) is 0 Å². The Kier molecular flexibility index (Phi) is 6.16. The van der Waals surface area contributed by atoms with Gasteiger partial charge in [-0.25, -0.2) is 0 Å². The molecule has 2 amide bonds. The summed E-state index contributed by atoms with van der Waals surface area (Å²) in [5.74, 6) is -2.32. The number of amides is 2. The predicted molar refractivity (Wildman–Crippen MR) is 93.2 cm³/mol. The number of benzene rings is 2. The van der Waals surface area contributed by atoms with Crippen molar-refractivity contribution in [2.45, 2.75) is 19.6 Å². The Bertz CT molecular complexity index is 812. The molecule has 136 valence electrons. The third-order valence-corrected chi connectivity index (χ3v) is 3.41. The van der Waals surface area contributed by atoms with Gasteiger partial charge in [-0.3, -0.25) is 9.59 Å². The van der Waals surface area contributed by atoms with E-state index in [1.165, 1.54) is 30.3 Å². The molecule has 2 aromatic rings. The zero-order valence-electron chi connectivity index (χ0n) is 13.9. The Morgan fingerprint density at radius 2 is 1.77 bits per heavy atom. The van der Waals surface area contributed by atoms with E-state index in [2.05, 4.69) is 5.32 Å². The zero-order valence-corrected chi connectivity index (χ0v) is 13.9. The lowest BCUT2D eigenvalue weighted by Gasteiger charge is -2.08. The first-order valence-electron chi connectivity index (χ1n) is 7.74. The first kappa shape index (κ1) is 19.2. The lowest BCUT2D eigenvalue weighted by Crippen LogP contribution is -2.29. The molecule has 0 bridgehead atoms. The summed E-state index contributed by atoms with van der Waals surface area (Å²) in [5.41, 5.74) is 2.71. The Morgan fingerprint density at radius 1 is 1.08 bits per heavy atom. The van der Waals surface area contributed by atoms with Crippen molar-refractivity contribution in [3.63, 3.8) is 0 Å². The predicted octanol–water partition coefficient (Wildman–Crippen LogP) is 3.83. The van der Waals surface area contributed by atoms with Gasteiger partial charge in [0.1, 0.15) is 0 Å². The molecule has 4 nitrogen and oxygen atoms in total. The van der Waals surface area contributed by atoms with Crippen LogP contribution in [0.15, 0.2) is 54.6 Å². The number of alkyl halides is 3. The van der Waals surface area contributed by atoms with Gasteiger partial charge in [-0.15, -0.1) is 0 Å². The molecule has 26 heavy (non-hydrogen) atoms. The normalized spacial score (nSPS) is 11.4. The lowest BCUT2D eigenvalue weighted by atomic mass is 10.1. The van der Waals surface area contributed by atoms with Crippen molar-refractivity contribution < 1.29 is 22.8 Å². The number of rotatable bonds is 5. The van der Waals surface area contributed by atoms with Gasteiger partial charge in [0.05, 0.1) is 0 Å². The highest BCUT2D eigenvalue weighted by Crippen LogP contribution is 2.18. The van der Waals surface area contributed by atoms with Crippen LogP contribution in [0.1, 0.15) is 16.7 Å². The minimum absolute atomic E-state index is 0.0294. The molecule has 0 fully saturated rings. The largest absolute Gasteiger partial charge is 0.471 e. The van der Waals surface area contributed by atoms with Crippen molar-refractivity contribution in [1.29, 1.82) is 0 Å². The number of carbonyl (C=O) groups excluding carboxylic acids is 2. The van der Waals surface area contributed by atoms with Gasteiger partial charge >= 0.3 is 12.1 Å². The van der Waals surface area contributed by atoms with Crippen molar-refractivity contribution in [3.05, 3.63) is 71.3 Å². The third-order valence-electron chi connectivity index (χ3n) is 3.41. The maximum atomic E-state index is 12.2. The van der Waals surface area contributed by atoms with E-state index in [0.29, 0.717) is 5.56 Å². The van der Waals surface area contributed by atoms with Crippen LogP contribution in [-0.4, -0.2) is 18.0 Å². The summed E-state index contributed by atoms with van der Waals surface area (Å²) >= 11 is 0. The summed E-state index contributed by atoms with van der Waals surface area (Å²) in [4.78, 5) is 22.7. The van der Waals surface area contributed by atoms with E-state index < -0.39 is 12.1 Å². The molecule has 2 aromatic carbocycles. The van der Waals surface area contributed by atoms with Crippen LogP contribution in [0.4, 0.5) is 18.9 Å². The standard InChI is InChI=1S/C19H17F3N2O2/c1-13-3-2-4-14(11-13)7-10-17(25)23-12-15-5-8-16(9-6-15)24-18(26)19(20,21)22/h2-11H,12H2,1H3,(H,23,25)(H,24,26)/b10-7+. The van der Waals surface area contributed by atoms with Gasteiger partial charge in [0.15, 0.2) is 0 Å². The minimum Gasteiger partial charge on any atom is -0.348 e. The summed E-state index contributed by atoms with van der Waals surface area (Å²) in [7, 11) is 0. The Labute approximate surface area is 148 Å². The van der Waals surface area contributed by atoms with E-state index in [9.17, 15) is 22.8 Å². The highest BCUT2D eigenvalue weighted by Gasteiger charge is 2.38. The Balaban J connectivity index is 1.85. The van der Waals surface area contributed by atoms with Crippen LogP contribution in [0.5, 0.6) is 0 Å². The summed E-state index contributed by atoms with van der Waals surface area (Å²) in [5, 5.41) is 4.43. The molecule has 2 N–H and O–H groups in total. The van der Waals surface area contributed by atoms with Crippen molar-refractivity contribution in [1.82, 2.24) is 5.32 Å². The molecule has 0 aromatic heterocycles. The molecule has 0 saturated carbocycles. The fraction of sp³-hybridized carbons (Fsp3) is 0.158. The maximum Gasteiger partial charge on any atom is 0.471 e. The monoisotopic (exact) mass is 362 g/mol. The second-order valence-corrected chi connectivity index (χ2v) is 5.61. The van der Waals surface area contributed by atoms with E-state index in [1.54, 1.807) is 11.4 Å². The Hall–Kier alpha value is -3.09. The molecule has 0 spiro atoms. The van der Waals surface area contributed by atoms with Crippen molar-refractivity contribution in [2.24, 2.45) is 0 Å².